The molecule has 100 valence electrons. The van der Waals surface area contributed by atoms with E-state index in [-0.39, 0.29) is 6.17 Å². The maximum atomic E-state index is 7.27. The quantitative estimate of drug-likeness (QED) is 0.660. The molecule has 0 aromatic rings. The van der Waals surface area contributed by atoms with Crippen molar-refractivity contribution < 1.29 is 0 Å². The molecule has 0 unspecified atom stereocenters. The molecule has 2 heterocycles. The van der Waals surface area contributed by atoms with E-state index in [0.29, 0.717) is 17.0 Å². The Morgan fingerprint density at radius 1 is 1.22 bits per heavy atom. The summed E-state index contributed by atoms with van der Waals surface area (Å²) in [5.41, 5.74) is 0.955. The van der Waals surface area contributed by atoms with Crippen molar-refractivity contribution in [3.8, 4) is 0 Å². The SMILES string of the molecule is [C-]#[N+][C@H]1CCCN1C1CC2(C1)CN(C(C)(C)C)C2. The second-order valence-electron chi connectivity index (χ2n) is 7.58. The molecule has 1 spiro atoms. The highest BCUT2D eigenvalue weighted by molar-refractivity contribution is 5.11. The third-order valence-corrected chi connectivity index (χ3v) is 5.22. The van der Waals surface area contributed by atoms with Crippen LogP contribution in [-0.4, -0.2) is 47.2 Å². The van der Waals surface area contributed by atoms with E-state index in [1.54, 1.807) is 0 Å². The molecular weight excluding hydrogens is 222 g/mol. The zero-order valence-corrected chi connectivity index (χ0v) is 11.9. The molecular formula is C15H25N3. The van der Waals surface area contributed by atoms with Crippen molar-refractivity contribution in [2.75, 3.05) is 19.6 Å². The highest BCUT2D eigenvalue weighted by atomic mass is 15.3. The van der Waals surface area contributed by atoms with E-state index in [4.69, 9.17) is 6.57 Å². The molecule has 0 aromatic carbocycles. The van der Waals surface area contributed by atoms with Crippen molar-refractivity contribution in [3.63, 3.8) is 0 Å². The molecule has 1 saturated carbocycles. The van der Waals surface area contributed by atoms with Crippen LogP contribution < -0.4 is 0 Å². The van der Waals surface area contributed by atoms with Gasteiger partial charge in [0.05, 0.1) is 0 Å². The van der Waals surface area contributed by atoms with Gasteiger partial charge in [0.2, 0.25) is 0 Å². The van der Waals surface area contributed by atoms with E-state index >= 15 is 0 Å². The van der Waals surface area contributed by atoms with Crippen LogP contribution in [0.1, 0.15) is 46.5 Å². The van der Waals surface area contributed by atoms with Crippen molar-refractivity contribution in [1.82, 2.24) is 9.80 Å². The fourth-order valence-electron chi connectivity index (χ4n) is 4.01. The molecule has 0 N–H and O–H groups in total. The molecule has 3 nitrogen and oxygen atoms in total. The second kappa shape index (κ2) is 3.95. The standard InChI is InChI=1S/C15H25N3/c1-14(2,3)17-10-15(11-17)8-12(9-15)18-7-5-6-13(18)16-4/h12-13H,5-11H2,1-3H3/t13-/m1/s1. The van der Waals surface area contributed by atoms with E-state index in [2.05, 4.69) is 35.4 Å². The minimum Gasteiger partial charge on any atom is -0.297 e. The van der Waals surface area contributed by atoms with Crippen LogP contribution in [0.5, 0.6) is 0 Å². The summed E-state index contributed by atoms with van der Waals surface area (Å²) < 4.78 is 0. The first-order valence-corrected chi connectivity index (χ1v) is 7.31. The Morgan fingerprint density at radius 3 is 2.44 bits per heavy atom. The van der Waals surface area contributed by atoms with Crippen LogP contribution in [0.2, 0.25) is 0 Å². The normalized spacial score (nSPS) is 33.1. The molecule has 0 radical (unpaired) electrons. The van der Waals surface area contributed by atoms with Crippen LogP contribution in [0.25, 0.3) is 4.85 Å². The van der Waals surface area contributed by atoms with Gasteiger partial charge in [-0.2, -0.15) is 0 Å². The highest BCUT2D eigenvalue weighted by Crippen LogP contribution is 2.52. The fourth-order valence-corrected chi connectivity index (χ4v) is 4.01. The minimum atomic E-state index is 0.200. The van der Waals surface area contributed by atoms with Crippen molar-refractivity contribution >= 4 is 0 Å². The van der Waals surface area contributed by atoms with Gasteiger partial charge in [-0.1, -0.05) is 0 Å². The zero-order valence-electron chi connectivity index (χ0n) is 11.9. The fraction of sp³-hybridized carbons (Fsp3) is 0.933. The molecule has 3 rings (SSSR count). The molecule has 1 atom stereocenters. The van der Waals surface area contributed by atoms with Crippen molar-refractivity contribution in [3.05, 3.63) is 11.4 Å². The molecule has 3 fully saturated rings. The monoisotopic (exact) mass is 247 g/mol. The van der Waals surface area contributed by atoms with Crippen LogP contribution in [0, 0.1) is 12.0 Å². The summed E-state index contributed by atoms with van der Waals surface area (Å²) in [5, 5.41) is 0. The number of hydrogen-bond acceptors (Lipinski definition) is 2. The largest absolute Gasteiger partial charge is 0.297 e. The Labute approximate surface area is 111 Å². The van der Waals surface area contributed by atoms with Crippen molar-refractivity contribution in [2.45, 2.75) is 64.2 Å². The van der Waals surface area contributed by atoms with Crippen molar-refractivity contribution in [2.24, 2.45) is 5.41 Å². The van der Waals surface area contributed by atoms with Gasteiger partial charge in [0, 0.05) is 37.6 Å². The predicted molar refractivity (Wildman–Crippen MR) is 73.1 cm³/mol. The van der Waals surface area contributed by atoms with Gasteiger partial charge in [0.15, 0.2) is 0 Å². The number of likely N-dealkylation sites (tertiary alicyclic amines) is 2. The smallest absolute Gasteiger partial charge is 0.279 e. The second-order valence-corrected chi connectivity index (χ2v) is 7.58. The van der Waals surface area contributed by atoms with Gasteiger partial charge < -0.3 is 0 Å². The van der Waals surface area contributed by atoms with Crippen LogP contribution in [0.4, 0.5) is 0 Å². The Kier molecular flexibility index (Phi) is 2.73. The summed E-state index contributed by atoms with van der Waals surface area (Å²) in [7, 11) is 0. The maximum absolute atomic E-state index is 7.27. The molecule has 3 aliphatic rings. The third kappa shape index (κ3) is 1.87. The zero-order chi connectivity index (χ0) is 13.0. The van der Waals surface area contributed by atoms with E-state index in [1.165, 1.54) is 32.4 Å². The summed E-state index contributed by atoms with van der Waals surface area (Å²) in [6, 6.07) is 0.716. The summed E-state index contributed by atoms with van der Waals surface area (Å²) >= 11 is 0. The Hall–Kier alpha value is -0.590. The lowest BCUT2D eigenvalue weighted by Crippen LogP contribution is -2.70. The Balaban J connectivity index is 1.52. The molecule has 3 heteroatoms. The number of rotatable bonds is 1. The molecule has 1 aliphatic carbocycles. The Bertz CT molecular complexity index is 362. The first-order valence-electron chi connectivity index (χ1n) is 7.31. The topological polar surface area (TPSA) is 10.8 Å². The molecule has 2 saturated heterocycles. The lowest BCUT2D eigenvalue weighted by molar-refractivity contribution is -0.139. The summed E-state index contributed by atoms with van der Waals surface area (Å²) in [5.74, 6) is 0. The average molecular weight is 247 g/mol. The summed E-state index contributed by atoms with van der Waals surface area (Å²) in [6.45, 7) is 17.9. The van der Waals surface area contributed by atoms with Gasteiger partial charge in [0.1, 0.15) is 0 Å². The van der Waals surface area contributed by atoms with Gasteiger partial charge in [-0.3, -0.25) is 9.74 Å². The first-order chi connectivity index (χ1) is 8.43. The van der Waals surface area contributed by atoms with Gasteiger partial charge in [-0.15, -0.1) is 0 Å². The number of nitrogens with zero attached hydrogens (tertiary/aromatic N) is 3. The first kappa shape index (κ1) is 12.4. The lowest BCUT2D eigenvalue weighted by Gasteiger charge is -2.63. The molecule has 18 heavy (non-hydrogen) atoms. The number of hydrogen-bond donors (Lipinski definition) is 0. The van der Waals surface area contributed by atoms with Gasteiger partial charge >= 0.3 is 0 Å². The average Bonchev–Trinajstić information content (AvgIpc) is 2.59. The predicted octanol–water partition coefficient (Wildman–Crippen LogP) is 2.59. The van der Waals surface area contributed by atoms with E-state index in [9.17, 15) is 0 Å². The molecule has 2 aliphatic heterocycles. The molecule has 0 amide bonds. The van der Waals surface area contributed by atoms with Gasteiger partial charge in [-0.05, 0) is 45.4 Å². The minimum absolute atomic E-state index is 0.200. The van der Waals surface area contributed by atoms with Crippen LogP contribution in [0.15, 0.2) is 0 Å². The van der Waals surface area contributed by atoms with Gasteiger partial charge in [0.25, 0.3) is 6.17 Å². The van der Waals surface area contributed by atoms with Gasteiger partial charge in [-0.25, -0.2) is 11.5 Å². The third-order valence-electron chi connectivity index (χ3n) is 5.22. The summed E-state index contributed by atoms with van der Waals surface area (Å²) in [4.78, 5) is 8.86. The summed E-state index contributed by atoms with van der Waals surface area (Å²) in [6.07, 6.45) is 5.20. The van der Waals surface area contributed by atoms with Crippen LogP contribution in [-0.2, 0) is 0 Å². The van der Waals surface area contributed by atoms with Crippen LogP contribution >= 0.6 is 0 Å². The van der Waals surface area contributed by atoms with Crippen molar-refractivity contribution in [1.29, 1.82) is 0 Å². The maximum Gasteiger partial charge on any atom is 0.279 e. The highest BCUT2D eigenvalue weighted by Gasteiger charge is 2.57. The van der Waals surface area contributed by atoms with E-state index in [1.807, 2.05) is 0 Å². The van der Waals surface area contributed by atoms with Crippen LogP contribution in [0.3, 0.4) is 0 Å². The molecule has 0 bridgehead atoms. The molecule has 0 aromatic heterocycles. The van der Waals surface area contributed by atoms with E-state index < -0.39 is 0 Å². The Morgan fingerprint density at radius 2 is 1.89 bits per heavy atom. The van der Waals surface area contributed by atoms with E-state index in [0.717, 1.165) is 13.0 Å². The lowest BCUT2D eigenvalue weighted by atomic mass is 9.59.